The minimum absolute atomic E-state index is 0.0753. The highest BCUT2D eigenvalue weighted by Crippen LogP contribution is 2.20. The van der Waals surface area contributed by atoms with Gasteiger partial charge in [-0.15, -0.1) is 0 Å². The van der Waals surface area contributed by atoms with Crippen molar-refractivity contribution in [1.29, 1.82) is 0 Å². The molecule has 2 aromatic carbocycles. The third-order valence-electron chi connectivity index (χ3n) is 2.61. The van der Waals surface area contributed by atoms with Gasteiger partial charge < -0.3 is 5.32 Å². The van der Waals surface area contributed by atoms with Crippen molar-refractivity contribution in [3.8, 4) is 0 Å². The standard InChI is InChI=1S/C14H10ClF2NO/c1-8-6-9(16)2-4-11(8)14(19)18-10-3-5-13(17)12(15)7-10/h2-7H,1H3,(H,18,19). The molecule has 0 unspecified atom stereocenters. The smallest absolute Gasteiger partial charge is 0.255 e. The highest BCUT2D eigenvalue weighted by Gasteiger charge is 2.10. The molecule has 0 aliphatic heterocycles. The largest absolute Gasteiger partial charge is 0.322 e. The number of hydrogen-bond donors (Lipinski definition) is 1. The van der Waals surface area contributed by atoms with E-state index in [4.69, 9.17) is 11.6 Å². The molecule has 0 heterocycles. The van der Waals surface area contributed by atoms with Crippen LogP contribution in [0.1, 0.15) is 15.9 Å². The van der Waals surface area contributed by atoms with Crippen molar-refractivity contribution in [1.82, 2.24) is 0 Å². The SMILES string of the molecule is Cc1cc(F)ccc1C(=O)Nc1ccc(F)c(Cl)c1. The van der Waals surface area contributed by atoms with E-state index in [0.29, 0.717) is 16.8 Å². The highest BCUT2D eigenvalue weighted by atomic mass is 35.5. The minimum Gasteiger partial charge on any atom is -0.322 e. The molecule has 2 rings (SSSR count). The number of halogens is 3. The number of amides is 1. The fourth-order valence-corrected chi connectivity index (χ4v) is 1.83. The van der Waals surface area contributed by atoms with E-state index in [-0.39, 0.29) is 5.02 Å². The maximum absolute atomic E-state index is 13.0. The molecule has 98 valence electrons. The van der Waals surface area contributed by atoms with Crippen molar-refractivity contribution in [2.75, 3.05) is 5.32 Å². The van der Waals surface area contributed by atoms with Gasteiger partial charge >= 0.3 is 0 Å². The normalized spacial score (nSPS) is 10.3. The van der Waals surface area contributed by atoms with Gasteiger partial charge in [0, 0.05) is 11.3 Å². The molecule has 0 aliphatic carbocycles. The van der Waals surface area contributed by atoms with Crippen molar-refractivity contribution in [3.63, 3.8) is 0 Å². The molecule has 0 aliphatic rings. The Hall–Kier alpha value is -1.94. The molecule has 0 saturated carbocycles. The van der Waals surface area contributed by atoms with E-state index in [2.05, 4.69) is 5.32 Å². The van der Waals surface area contributed by atoms with E-state index in [1.54, 1.807) is 6.92 Å². The summed E-state index contributed by atoms with van der Waals surface area (Å²) >= 11 is 5.62. The number of rotatable bonds is 2. The van der Waals surface area contributed by atoms with Crippen molar-refractivity contribution in [2.45, 2.75) is 6.92 Å². The minimum atomic E-state index is -0.558. The number of benzene rings is 2. The first kappa shape index (κ1) is 13.5. The lowest BCUT2D eigenvalue weighted by Gasteiger charge is -2.08. The third-order valence-corrected chi connectivity index (χ3v) is 2.90. The predicted octanol–water partition coefficient (Wildman–Crippen LogP) is 4.18. The Morgan fingerprint density at radius 3 is 2.53 bits per heavy atom. The number of nitrogens with one attached hydrogen (secondary N) is 1. The van der Waals surface area contributed by atoms with Crippen molar-refractivity contribution >= 4 is 23.2 Å². The molecule has 0 spiro atoms. The maximum Gasteiger partial charge on any atom is 0.255 e. The summed E-state index contributed by atoms with van der Waals surface area (Å²) in [6.07, 6.45) is 0. The van der Waals surface area contributed by atoms with E-state index in [9.17, 15) is 13.6 Å². The second-order valence-corrected chi connectivity index (χ2v) is 4.45. The van der Waals surface area contributed by atoms with Gasteiger partial charge in [0.25, 0.3) is 5.91 Å². The van der Waals surface area contributed by atoms with Crippen molar-refractivity contribution < 1.29 is 13.6 Å². The Balaban J connectivity index is 2.23. The number of carbonyl (C=O) groups excluding carboxylic acids is 1. The van der Waals surface area contributed by atoms with Crippen LogP contribution in [0, 0.1) is 18.6 Å². The molecule has 1 amide bonds. The molecule has 2 aromatic rings. The quantitative estimate of drug-likeness (QED) is 0.879. The molecule has 0 fully saturated rings. The van der Waals surface area contributed by atoms with Crippen LogP contribution in [0.5, 0.6) is 0 Å². The second kappa shape index (κ2) is 5.36. The van der Waals surface area contributed by atoms with Crippen LogP contribution in [0.15, 0.2) is 36.4 Å². The molecule has 0 radical (unpaired) electrons. The van der Waals surface area contributed by atoms with Gasteiger partial charge in [-0.1, -0.05) is 11.6 Å². The molecule has 19 heavy (non-hydrogen) atoms. The summed E-state index contributed by atoms with van der Waals surface area (Å²) in [5.74, 6) is -1.36. The van der Waals surface area contributed by atoms with E-state index in [0.717, 1.165) is 6.07 Å². The van der Waals surface area contributed by atoms with Gasteiger partial charge in [0.05, 0.1) is 5.02 Å². The fourth-order valence-electron chi connectivity index (χ4n) is 1.65. The lowest BCUT2D eigenvalue weighted by atomic mass is 10.1. The Kier molecular flexibility index (Phi) is 3.81. The Labute approximate surface area is 114 Å². The van der Waals surface area contributed by atoms with E-state index < -0.39 is 17.5 Å². The van der Waals surface area contributed by atoms with Gasteiger partial charge in [0.1, 0.15) is 11.6 Å². The predicted molar refractivity (Wildman–Crippen MR) is 70.5 cm³/mol. The fraction of sp³-hybridized carbons (Fsp3) is 0.0714. The van der Waals surface area contributed by atoms with Gasteiger partial charge in [-0.3, -0.25) is 4.79 Å². The van der Waals surface area contributed by atoms with Crippen LogP contribution in [0.4, 0.5) is 14.5 Å². The molecule has 5 heteroatoms. The molecular weight excluding hydrogens is 272 g/mol. The van der Waals surface area contributed by atoms with Crippen LogP contribution in [0.2, 0.25) is 5.02 Å². The van der Waals surface area contributed by atoms with Gasteiger partial charge in [-0.25, -0.2) is 8.78 Å². The average Bonchev–Trinajstić information content (AvgIpc) is 2.33. The first-order valence-electron chi connectivity index (χ1n) is 5.50. The third kappa shape index (κ3) is 3.09. The zero-order valence-corrected chi connectivity index (χ0v) is 10.8. The molecule has 1 N–H and O–H groups in total. The van der Waals surface area contributed by atoms with Crippen LogP contribution < -0.4 is 5.32 Å². The Morgan fingerprint density at radius 1 is 1.16 bits per heavy atom. The van der Waals surface area contributed by atoms with Crippen LogP contribution in [-0.4, -0.2) is 5.91 Å². The summed E-state index contributed by atoms with van der Waals surface area (Å²) in [5.41, 5.74) is 1.24. The number of hydrogen-bond acceptors (Lipinski definition) is 1. The first-order chi connectivity index (χ1) is 8.97. The van der Waals surface area contributed by atoms with E-state index >= 15 is 0 Å². The topological polar surface area (TPSA) is 29.1 Å². The summed E-state index contributed by atoms with van der Waals surface area (Å²) in [4.78, 5) is 12.0. The Morgan fingerprint density at radius 2 is 1.89 bits per heavy atom. The number of anilines is 1. The number of aryl methyl sites for hydroxylation is 1. The highest BCUT2D eigenvalue weighted by molar-refractivity contribution is 6.31. The van der Waals surface area contributed by atoms with E-state index in [1.165, 1.54) is 30.3 Å². The van der Waals surface area contributed by atoms with Gasteiger partial charge in [0.15, 0.2) is 0 Å². The zero-order valence-electron chi connectivity index (χ0n) is 10.0. The molecule has 0 aromatic heterocycles. The van der Waals surface area contributed by atoms with Crippen molar-refractivity contribution in [2.24, 2.45) is 0 Å². The first-order valence-corrected chi connectivity index (χ1v) is 5.88. The summed E-state index contributed by atoms with van der Waals surface area (Å²) < 4.78 is 25.9. The lowest BCUT2D eigenvalue weighted by Crippen LogP contribution is -2.13. The van der Waals surface area contributed by atoms with Crippen LogP contribution >= 0.6 is 11.6 Å². The number of carbonyl (C=O) groups is 1. The van der Waals surface area contributed by atoms with Crippen LogP contribution in [-0.2, 0) is 0 Å². The van der Waals surface area contributed by atoms with Gasteiger partial charge in [-0.05, 0) is 48.9 Å². The molecule has 0 atom stereocenters. The summed E-state index contributed by atoms with van der Waals surface area (Å²) in [6, 6.07) is 7.75. The Bertz CT molecular complexity index is 643. The van der Waals surface area contributed by atoms with Crippen LogP contribution in [0.3, 0.4) is 0 Å². The molecule has 2 nitrogen and oxygen atoms in total. The molecule has 0 bridgehead atoms. The maximum atomic E-state index is 13.0. The summed E-state index contributed by atoms with van der Waals surface area (Å²) in [5, 5.41) is 2.50. The van der Waals surface area contributed by atoms with E-state index in [1.807, 2.05) is 0 Å². The van der Waals surface area contributed by atoms with Gasteiger partial charge in [0.2, 0.25) is 0 Å². The monoisotopic (exact) mass is 281 g/mol. The summed E-state index contributed by atoms with van der Waals surface area (Å²) in [7, 11) is 0. The van der Waals surface area contributed by atoms with Crippen LogP contribution in [0.25, 0.3) is 0 Å². The second-order valence-electron chi connectivity index (χ2n) is 4.04. The zero-order chi connectivity index (χ0) is 14.0. The average molecular weight is 282 g/mol. The molecule has 0 saturated heterocycles. The molecular formula is C14H10ClF2NO. The lowest BCUT2D eigenvalue weighted by molar-refractivity contribution is 0.102. The van der Waals surface area contributed by atoms with Gasteiger partial charge in [-0.2, -0.15) is 0 Å². The summed E-state index contributed by atoms with van der Waals surface area (Å²) in [6.45, 7) is 1.63. The van der Waals surface area contributed by atoms with Crippen molar-refractivity contribution in [3.05, 3.63) is 64.2 Å².